The molecule has 26 heavy (non-hydrogen) atoms. The summed E-state index contributed by atoms with van der Waals surface area (Å²) in [7, 11) is 1.63. The molecule has 0 aliphatic heterocycles. The number of methoxy groups -OCH3 is 1. The Morgan fingerprint density at radius 2 is 1.81 bits per heavy atom. The van der Waals surface area contributed by atoms with Crippen molar-refractivity contribution in [2.45, 2.75) is 13.0 Å². The zero-order chi connectivity index (χ0) is 18.4. The van der Waals surface area contributed by atoms with E-state index in [2.05, 4.69) is 5.32 Å². The minimum atomic E-state index is -0.255. The lowest BCUT2D eigenvalue weighted by Gasteiger charge is -2.12. The first-order valence-corrected chi connectivity index (χ1v) is 8.32. The van der Waals surface area contributed by atoms with Crippen LogP contribution in [0, 0.1) is 0 Å². The van der Waals surface area contributed by atoms with Gasteiger partial charge in [0, 0.05) is 29.9 Å². The number of hydrogen-bond acceptors (Lipinski definition) is 3. The fourth-order valence-corrected chi connectivity index (χ4v) is 2.76. The Balaban J connectivity index is 1.76. The molecule has 132 valence electrons. The van der Waals surface area contributed by atoms with Gasteiger partial charge in [0.2, 0.25) is 5.91 Å². The quantitative estimate of drug-likeness (QED) is 0.745. The van der Waals surface area contributed by atoms with Crippen molar-refractivity contribution in [2.75, 3.05) is 12.4 Å². The maximum absolute atomic E-state index is 12.3. The first kappa shape index (κ1) is 17.5. The van der Waals surface area contributed by atoms with Crippen LogP contribution in [-0.2, 0) is 17.8 Å². The number of carbonyl (C=O) groups excluding carboxylic acids is 1. The van der Waals surface area contributed by atoms with Crippen molar-refractivity contribution in [3.05, 3.63) is 94.4 Å². The molecule has 0 fully saturated rings. The van der Waals surface area contributed by atoms with Crippen LogP contribution in [0.4, 0.5) is 5.69 Å². The molecule has 0 aliphatic carbocycles. The lowest BCUT2D eigenvalue weighted by molar-refractivity contribution is -0.116. The van der Waals surface area contributed by atoms with Gasteiger partial charge in [-0.15, -0.1) is 0 Å². The van der Waals surface area contributed by atoms with E-state index in [0.29, 0.717) is 12.1 Å². The van der Waals surface area contributed by atoms with E-state index < -0.39 is 0 Å². The first-order chi connectivity index (χ1) is 12.7. The number of carbonyl (C=O) groups is 1. The highest BCUT2D eigenvalue weighted by Crippen LogP contribution is 2.25. The normalized spacial score (nSPS) is 10.3. The monoisotopic (exact) mass is 348 g/mol. The van der Waals surface area contributed by atoms with Crippen LogP contribution in [-0.4, -0.2) is 17.6 Å². The van der Waals surface area contributed by atoms with E-state index in [1.165, 1.54) is 10.6 Å². The number of benzene rings is 2. The highest BCUT2D eigenvalue weighted by atomic mass is 16.5. The van der Waals surface area contributed by atoms with Crippen molar-refractivity contribution < 1.29 is 9.53 Å². The maximum Gasteiger partial charge on any atom is 0.250 e. The van der Waals surface area contributed by atoms with Gasteiger partial charge >= 0.3 is 0 Å². The average molecular weight is 348 g/mol. The molecule has 0 saturated carbocycles. The Hall–Kier alpha value is -3.34. The van der Waals surface area contributed by atoms with Crippen molar-refractivity contribution in [1.29, 1.82) is 0 Å². The van der Waals surface area contributed by atoms with Crippen molar-refractivity contribution in [3.8, 4) is 5.75 Å². The fraction of sp³-hybridized carbons (Fsp3) is 0.143. The average Bonchev–Trinajstić information content (AvgIpc) is 2.65. The van der Waals surface area contributed by atoms with Gasteiger partial charge in [-0.2, -0.15) is 0 Å². The molecular weight excluding hydrogens is 328 g/mol. The Morgan fingerprint density at radius 1 is 1.04 bits per heavy atom. The summed E-state index contributed by atoms with van der Waals surface area (Å²) in [6.07, 6.45) is 2.29. The Labute approximate surface area is 151 Å². The summed E-state index contributed by atoms with van der Waals surface area (Å²) in [6, 6.07) is 20.4. The van der Waals surface area contributed by atoms with Gasteiger partial charge in [0.25, 0.3) is 5.56 Å². The minimum Gasteiger partial charge on any atom is -0.496 e. The first-order valence-electron chi connectivity index (χ1n) is 8.32. The van der Waals surface area contributed by atoms with E-state index >= 15 is 0 Å². The molecule has 0 bridgehead atoms. The predicted molar refractivity (Wildman–Crippen MR) is 102 cm³/mol. The van der Waals surface area contributed by atoms with Crippen molar-refractivity contribution in [1.82, 2.24) is 4.57 Å². The minimum absolute atomic E-state index is 0.0281. The Kier molecular flexibility index (Phi) is 5.49. The van der Waals surface area contributed by atoms with Gasteiger partial charge in [0.05, 0.1) is 7.11 Å². The molecule has 0 atom stereocenters. The third-order valence-electron chi connectivity index (χ3n) is 4.01. The number of anilines is 1. The lowest BCUT2D eigenvalue weighted by Crippen LogP contribution is -2.26. The van der Waals surface area contributed by atoms with Gasteiger partial charge < -0.3 is 14.6 Å². The van der Waals surface area contributed by atoms with Gasteiger partial charge in [-0.05, 0) is 29.8 Å². The largest absolute Gasteiger partial charge is 0.496 e. The van der Waals surface area contributed by atoms with Crippen LogP contribution in [0.5, 0.6) is 5.75 Å². The predicted octanol–water partition coefficient (Wildman–Crippen LogP) is 3.09. The van der Waals surface area contributed by atoms with Crippen molar-refractivity contribution >= 4 is 11.6 Å². The molecule has 0 spiro atoms. The highest BCUT2D eigenvalue weighted by molar-refractivity contribution is 5.90. The molecule has 3 rings (SSSR count). The van der Waals surface area contributed by atoms with Crippen LogP contribution < -0.4 is 15.6 Å². The number of aromatic nitrogens is 1. The third kappa shape index (κ3) is 4.39. The molecule has 0 radical (unpaired) electrons. The Morgan fingerprint density at radius 3 is 2.54 bits per heavy atom. The molecule has 0 unspecified atom stereocenters. The van der Waals surface area contributed by atoms with E-state index in [1.54, 1.807) is 31.5 Å². The van der Waals surface area contributed by atoms with E-state index in [-0.39, 0.29) is 18.0 Å². The summed E-state index contributed by atoms with van der Waals surface area (Å²) in [5, 5.41) is 2.84. The molecule has 0 aliphatic rings. The van der Waals surface area contributed by atoms with Crippen molar-refractivity contribution in [2.24, 2.45) is 0 Å². The maximum atomic E-state index is 12.3. The summed E-state index contributed by atoms with van der Waals surface area (Å²) in [6.45, 7) is -0.0281. The number of pyridine rings is 1. The molecule has 1 aromatic heterocycles. The fourth-order valence-electron chi connectivity index (χ4n) is 2.76. The van der Waals surface area contributed by atoms with Crippen LogP contribution in [0.25, 0.3) is 0 Å². The van der Waals surface area contributed by atoms with Crippen LogP contribution in [0.15, 0.2) is 77.7 Å². The van der Waals surface area contributed by atoms with Crippen LogP contribution in [0.2, 0.25) is 0 Å². The number of rotatable bonds is 6. The van der Waals surface area contributed by atoms with E-state index in [1.807, 2.05) is 42.5 Å². The number of hydrogen-bond donors (Lipinski definition) is 1. The highest BCUT2D eigenvalue weighted by Gasteiger charge is 2.09. The Bertz CT molecular complexity index is 949. The molecular formula is C21H20N2O3. The second-order valence-corrected chi connectivity index (χ2v) is 5.90. The molecule has 5 nitrogen and oxygen atoms in total. The van der Waals surface area contributed by atoms with Crippen LogP contribution >= 0.6 is 0 Å². The van der Waals surface area contributed by atoms with Gasteiger partial charge in [-0.25, -0.2) is 0 Å². The van der Waals surface area contributed by atoms with Gasteiger partial charge in [-0.3, -0.25) is 9.59 Å². The second kappa shape index (κ2) is 8.16. The van der Waals surface area contributed by atoms with Gasteiger partial charge in [0.15, 0.2) is 0 Å². The molecule has 1 heterocycles. The summed E-state index contributed by atoms with van der Waals surface area (Å²) >= 11 is 0. The van der Waals surface area contributed by atoms with Gasteiger partial charge in [-0.1, -0.05) is 36.4 Å². The number of amides is 1. The summed E-state index contributed by atoms with van der Waals surface area (Å²) in [5.41, 5.74) is 2.60. The van der Waals surface area contributed by atoms with Crippen LogP contribution in [0.3, 0.4) is 0 Å². The van der Waals surface area contributed by atoms with Crippen molar-refractivity contribution in [3.63, 3.8) is 0 Å². The molecule has 3 aromatic rings. The number of ether oxygens (including phenoxy) is 1. The van der Waals surface area contributed by atoms with Crippen LogP contribution in [0.1, 0.15) is 11.1 Å². The third-order valence-corrected chi connectivity index (χ3v) is 4.01. The topological polar surface area (TPSA) is 60.3 Å². The number of nitrogens with zero attached hydrogens (tertiary/aromatic N) is 1. The molecule has 1 amide bonds. The molecule has 2 aromatic carbocycles. The lowest BCUT2D eigenvalue weighted by atomic mass is 10.0. The van der Waals surface area contributed by atoms with E-state index in [0.717, 1.165) is 16.9 Å². The molecule has 5 heteroatoms. The standard InChI is InChI=1S/C21H20N2O3/c1-26-19-11-10-18(14-17(19)13-16-7-3-2-4-8-16)22-20(24)15-23-12-6-5-9-21(23)25/h2-12,14H,13,15H2,1H3,(H,22,24). The summed E-state index contributed by atoms with van der Waals surface area (Å²) in [4.78, 5) is 24.0. The smallest absolute Gasteiger partial charge is 0.250 e. The molecule has 1 N–H and O–H groups in total. The SMILES string of the molecule is COc1ccc(NC(=O)Cn2ccccc2=O)cc1Cc1ccccc1. The van der Waals surface area contributed by atoms with E-state index in [4.69, 9.17) is 4.74 Å². The zero-order valence-electron chi connectivity index (χ0n) is 14.5. The van der Waals surface area contributed by atoms with E-state index in [9.17, 15) is 9.59 Å². The number of nitrogens with one attached hydrogen (secondary N) is 1. The second-order valence-electron chi connectivity index (χ2n) is 5.90. The zero-order valence-corrected chi connectivity index (χ0v) is 14.5. The van der Waals surface area contributed by atoms with Gasteiger partial charge in [0.1, 0.15) is 12.3 Å². The summed E-state index contributed by atoms with van der Waals surface area (Å²) in [5.74, 6) is 0.514. The molecule has 0 saturated heterocycles. The summed E-state index contributed by atoms with van der Waals surface area (Å²) < 4.78 is 6.80.